The van der Waals surface area contributed by atoms with Crippen LogP contribution in [0.3, 0.4) is 0 Å². The average molecular weight is 348 g/mol. The second-order valence-electron chi connectivity index (χ2n) is 5.30. The number of methoxy groups -OCH3 is 2. The van der Waals surface area contributed by atoms with Gasteiger partial charge in [0.2, 0.25) is 0 Å². The number of para-hydroxylation sites is 2. The molecule has 0 aliphatic rings. The van der Waals surface area contributed by atoms with E-state index in [1.807, 2.05) is 19.1 Å². The third-order valence-electron chi connectivity index (χ3n) is 3.74. The highest BCUT2D eigenvalue weighted by molar-refractivity contribution is 5.43. The van der Waals surface area contributed by atoms with Crippen molar-refractivity contribution < 1.29 is 29.2 Å². The Morgan fingerprint density at radius 2 is 1.64 bits per heavy atom. The summed E-state index contributed by atoms with van der Waals surface area (Å²) in [6.45, 7) is 2.04. The van der Waals surface area contributed by atoms with Gasteiger partial charge in [-0.3, -0.25) is 0 Å². The lowest BCUT2D eigenvalue weighted by atomic mass is 10.0. The lowest BCUT2D eigenvalue weighted by Gasteiger charge is -2.27. The molecular weight excluding hydrogens is 324 g/mol. The minimum Gasteiger partial charge on any atom is -0.504 e. The normalized spacial score (nSPS) is 13.1. The smallest absolute Gasteiger partial charge is 0.161 e. The predicted molar refractivity (Wildman–Crippen MR) is 93.5 cm³/mol. The summed E-state index contributed by atoms with van der Waals surface area (Å²) in [6.07, 6.45) is -1.21. The molecule has 0 saturated heterocycles. The van der Waals surface area contributed by atoms with Crippen LogP contribution >= 0.6 is 0 Å². The minimum atomic E-state index is -0.662. The maximum atomic E-state index is 9.86. The first kappa shape index (κ1) is 18.9. The molecule has 2 atom stereocenters. The van der Waals surface area contributed by atoms with Gasteiger partial charge in [-0.15, -0.1) is 0 Å². The summed E-state index contributed by atoms with van der Waals surface area (Å²) < 4.78 is 22.2. The number of hydrogen-bond donors (Lipinski definition) is 2. The van der Waals surface area contributed by atoms with Crippen molar-refractivity contribution in [1.82, 2.24) is 0 Å². The number of rotatable bonds is 9. The van der Waals surface area contributed by atoms with Crippen LogP contribution in [-0.4, -0.2) is 43.8 Å². The Hall–Kier alpha value is -2.44. The van der Waals surface area contributed by atoms with Gasteiger partial charge in [-0.05, 0) is 36.8 Å². The number of aliphatic hydroxyl groups excluding tert-OH is 1. The van der Waals surface area contributed by atoms with Crippen LogP contribution in [0.2, 0.25) is 0 Å². The van der Waals surface area contributed by atoms with E-state index in [-0.39, 0.29) is 12.4 Å². The van der Waals surface area contributed by atoms with Crippen molar-refractivity contribution in [2.75, 3.05) is 27.4 Å². The molecule has 0 fully saturated rings. The molecule has 0 aliphatic carbocycles. The van der Waals surface area contributed by atoms with E-state index in [2.05, 4.69) is 0 Å². The fourth-order valence-corrected chi connectivity index (χ4v) is 2.54. The van der Waals surface area contributed by atoms with Gasteiger partial charge in [0.1, 0.15) is 6.10 Å². The zero-order valence-electron chi connectivity index (χ0n) is 14.6. The summed E-state index contributed by atoms with van der Waals surface area (Å²) >= 11 is 0. The Morgan fingerprint density at radius 3 is 2.24 bits per heavy atom. The zero-order valence-corrected chi connectivity index (χ0v) is 14.6. The van der Waals surface area contributed by atoms with Crippen molar-refractivity contribution in [1.29, 1.82) is 0 Å². The first-order chi connectivity index (χ1) is 12.1. The fraction of sp³-hybridized carbons (Fsp3) is 0.368. The third-order valence-corrected chi connectivity index (χ3v) is 3.74. The van der Waals surface area contributed by atoms with Crippen LogP contribution in [0.25, 0.3) is 0 Å². The second kappa shape index (κ2) is 9.15. The van der Waals surface area contributed by atoms with Crippen LogP contribution in [0.1, 0.15) is 18.6 Å². The standard InChI is InChI=1S/C19H24O6/c1-4-24-19(13-9-10-14(21)17(11-13)23-3)18(12-20)25-16-8-6-5-7-15(16)22-2/h5-11,18-21H,4,12H2,1-3H3. The Balaban J connectivity index is 2.32. The number of phenols is 1. The van der Waals surface area contributed by atoms with Crippen LogP contribution in [0.5, 0.6) is 23.0 Å². The van der Waals surface area contributed by atoms with E-state index in [0.717, 1.165) is 5.56 Å². The SMILES string of the molecule is CCOC(c1ccc(O)c(OC)c1)C(CO)Oc1ccccc1OC. The largest absolute Gasteiger partial charge is 0.504 e. The summed E-state index contributed by atoms with van der Waals surface area (Å²) in [7, 11) is 3.03. The Labute approximate surface area is 147 Å². The van der Waals surface area contributed by atoms with Crippen molar-refractivity contribution >= 4 is 0 Å². The molecule has 0 bridgehead atoms. The molecule has 25 heavy (non-hydrogen) atoms. The third kappa shape index (κ3) is 4.55. The van der Waals surface area contributed by atoms with Crippen molar-refractivity contribution in [2.24, 2.45) is 0 Å². The lowest BCUT2D eigenvalue weighted by molar-refractivity contribution is -0.0445. The monoisotopic (exact) mass is 348 g/mol. The molecular formula is C19H24O6. The number of ether oxygens (including phenoxy) is 4. The van der Waals surface area contributed by atoms with Gasteiger partial charge in [0, 0.05) is 6.61 Å². The molecule has 136 valence electrons. The number of aliphatic hydroxyl groups is 1. The molecule has 2 aromatic rings. The molecule has 0 aliphatic heterocycles. The van der Waals surface area contributed by atoms with Crippen molar-refractivity contribution in [3.63, 3.8) is 0 Å². The molecule has 0 radical (unpaired) electrons. The van der Waals surface area contributed by atoms with Crippen molar-refractivity contribution in [2.45, 2.75) is 19.1 Å². The van der Waals surface area contributed by atoms with Gasteiger partial charge in [0.25, 0.3) is 0 Å². The van der Waals surface area contributed by atoms with Gasteiger partial charge in [-0.1, -0.05) is 18.2 Å². The van der Waals surface area contributed by atoms with Crippen LogP contribution in [0.15, 0.2) is 42.5 Å². The molecule has 2 N–H and O–H groups in total. The van der Waals surface area contributed by atoms with Crippen LogP contribution in [0, 0.1) is 0 Å². The minimum absolute atomic E-state index is 0.0349. The van der Waals surface area contributed by atoms with Gasteiger partial charge in [0.05, 0.1) is 20.8 Å². The summed E-state index contributed by atoms with van der Waals surface area (Å²) in [4.78, 5) is 0. The maximum absolute atomic E-state index is 9.86. The Kier molecular flexibility index (Phi) is 6.91. The van der Waals surface area contributed by atoms with Gasteiger partial charge in [-0.25, -0.2) is 0 Å². The van der Waals surface area contributed by atoms with E-state index in [4.69, 9.17) is 18.9 Å². The van der Waals surface area contributed by atoms with Gasteiger partial charge in [0.15, 0.2) is 29.1 Å². The zero-order chi connectivity index (χ0) is 18.2. The van der Waals surface area contributed by atoms with Gasteiger partial charge < -0.3 is 29.2 Å². The van der Waals surface area contributed by atoms with E-state index in [9.17, 15) is 10.2 Å². The highest BCUT2D eigenvalue weighted by Crippen LogP contribution is 2.34. The molecule has 0 heterocycles. The quantitative estimate of drug-likeness (QED) is 0.725. The fourth-order valence-electron chi connectivity index (χ4n) is 2.54. The number of benzene rings is 2. The average Bonchev–Trinajstić information content (AvgIpc) is 2.65. The molecule has 2 unspecified atom stereocenters. The lowest BCUT2D eigenvalue weighted by Crippen LogP contribution is -2.31. The van der Waals surface area contributed by atoms with Gasteiger partial charge in [-0.2, -0.15) is 0 Å². The molecule has 0 aromatic heterocycles. The van der Waals surface area contributed by atoms with E-state index >= 15 is 0 Å². The highest BCUT2D eigenvalue weighted by Gasteiger charge is 2.27. The predicted octanol–water partition coefficient (Wildman–Crippen LogP) is 2.93. The number of hydrogen-bond acceptors (Lipinski definition) is 6. The summed E-state index contributed by atoms with van der Waals surface area (Å²) in [5.41, 5.74) is 0.727. The summed E-state index contributed by atoms with van der Waals surface area (Å²) in [5, 5.41) is 19.6. The van der Waals surface area contributed by atoms with E-state index in [0.29, 0.717) is 23.9 Å². The molecule has 0 amide bonds. The number of aromatic hydroxyl groups is 1. The van der Waals surface area contributed by atoms with E-state index in [1.165, 1.54) is 13.2 Å². The Bertz CT molecular complexity index is 673. The van der Waals surface area contributed by atoms with Crippen LogP contribution in [0.4, 0.5) is 0 Å². The number of phenolic OH excluding ortho intramolecular Hbond substituents is 1. The molecule has 0 saturated carbocycles. The highest BCUT2D eigenvalue weighted by atomic mass is 16.6. The van der Waals surface area contributed by atoms with Crippen molar-refractivity contribution in [3.8, 4) is 23.0 Å². The molecule has 6 nitrogen and oxygen atoms in total. The van der Waals surface area contributed by atoms with Crippen molar-refractivity contribution in [3.05, 3.63) is 48.0 Å². The molecule has 0 spiro atoms. The van der Waals surface area contributed by atoms with Gasteiger partial charge >= 0.3 is 0 Å². The topological polar surface area (TPSA) is 77.4 Å². The second-order valence-corrected chi connectivity index (χ2v) is 5.30. The Morgan fingerprint density at radius 1 is 0.960 bits per heavy atom. The molecule has 2 aromatic carbocycles. The summed E-state index contributed by atoms with van der Waals surface area (Å²) in [6, 6.07) is 12.1. The first-order valence-electron chi connectivity index (χ1n) is 8.03. The maximum Gasteiger partial charge on any atom is 0.161 e. The van der Waals surface area contributed by atoms with Crippen LogP contribution < -0.4 is 14.2 Å². The molecule has 6 heteroatoms. The van der Waals surface area contributed by atoms with Crippen LogP contribution in [-0.2, 0) is 4.74 Å². The van der Waals surface area contributed by atoms with E-state index < -0.39 is 12.2 Å². The summed E-state index contributed by atoms with van der Waals surface area (Å²) in [5.74, 6) is 1.45. The van der Waals surface area contributed by atoms with E-state index in [1.54, 1.807) is 31.4 Å². The molecule has 2 rings (SSSR count). The first-order valence-corrected chi connectivity index (χ1v) is 8.03.